The van der Waals surface area contributed by atoms with E-state index in [0.29, 0.717) is 16.8 Å². The van der Waals surface area contributed by atoms with Gasteiger partial charge in [0.1, 0.15) is 5.82 Å². The second-order valence-corrected chi connectivity index (χ2v) is 8.64. The largest absolute Gasteiger partial charge is 0.379 e. The van der Waals surface area contributed by atoms with E-state index in [0.717, 1.165) is 72.9 Å². The van der Waals surface area contributed by atoms with Gasteiger partial charge in [0.25, 0.3) is 0 Å². The standard InChI is InChI=1S/C26H26N8O/c1-17-21(13-27)25(18-2-4-23-20(12-18)16-31-33-23)22(14-28)26(32-17)19-3-5-24(30-15-19)29-6-7-34-8-10-35-11-9-34/h2-5,12,15-16,25,32H,6-11H2,1H3,(H,29,30)(H,31,33). The molecule has 0 amide bonds. The van der Waals surface area contributed by atoms with E-state index in [2.05, 4.69) is 42.9 Å². The van der Waals surface area contributed by atoms with Crippen molar-refractivity contribution < 1.29 is 4.74 Å². The average Bonchev–Trinajstić information content (AvgIpc) is 3.37. The van der Waals surface area contributed by atoms with Crippen LogP contribution in [-0.4, -0.2) is 59.5 Å². The van der Waals surface area contributed by atoms with Crippen LogP contribution in [0.5, 0.6) is 0 Å². The van der Waals surface area contributed by atoms with Gasteiger partial charge in [0.2, 0.25) is 0 Å². The summed E-state index contributed by atoms with van der Waals surface area (Å²) in [5.74, 6) is 0.315. The van der Waals surface area contributed by atoms with Gasteiger partial charge in [0, 0.05) is 49.0 Å². The highest BCUT2D eigenvalue weighted by Gasteiger charge is 2.31. The molecule has 0 bridgehead atoms. The summed E-state index contributed by atoms with van der Waals surface area (Å²) in [5, 5.41) is 34.7. The second-order valence-electron chi connectivity index (χ2n) is 8.64. The number of allylic oxidation sites excluding steroid dienone is 3. The molecule has 0 radical (unpaired) electrons. The molecule has 4 heterocycles. The molecule has 2 aliphatic rings. The Hall–Kier alpha value is -4.18. The second kappa shape index (κ2) is 9.98. The van der Waals surface area contributed by atoms with Gasteiger partial charge in [-0.1, -0.05) is 6.07 Å². The first kappa shape index (κ1) is 22.6. The van der Waals surface area contributed by atoms with Gasteiger partial charge in [-0.2, -0.15) is 15.6 Å². The lowest BCUT2D eigenvalue weighted by Gasteiger charge is -2.28. The molecule has 0 spiro atoms. The lowest BCUT2D eigenvalue weighted by Crippen LogP contribution is -2.39. The van der Waals surface area contributed by atoms with Crippen LogP contribution in [0.15, 0.2) is 59.6 Å². The third kappa shape index (κ3) is 4.60. The maximum atomic E-state index is 10.2. The molecule has 1 unspecified atom stereocenters. The van der Waals surface area contributed by atoms with Crippen molar-refractivity contribution in [3.05, 3.63) is 70.7 Å². The molecule has 2 aliphatic heterocycles. The Kier molecular flexibility index (Phi) is 6.44. The number of aromatic amines is 1. The first-order valence-electron chi connectivity index (χ1n) is 11.6. The fourth-order valence-corrected chi connectivity index (χ4v) is 4.61. The summed E-state index contributed by atoms with van der Waals surface area (Å²) in [7, 11) is 0. The minimum absolute atomic E-state index is 0.466. The molecule has 9 heteroatoms. The Bertz CT molecular complexity index is 1370. The van der Waals surface area contributed by atoms with Crippen LogP contribution in [-0.2, 0) is 4.74 Å². The van der Waals surface area contributed by atoms with Crippen molar-refractivity contribution >= 4 is 22.4 Å². The molecule has 3 aromatic rings. The molecule has 9 nitrogen and oxygen atoms in total. The van der Waals surface area contributed by atoms with E-state index < -0.39 is 5.92 Å². The van der Waals surface area contributed by atoms with Crippen molar-refractivity contribution in [3.8, 4) is 12.1 Å². The molecule has 1 atom stereocenters. The first-order chi connectivity index (χ1) is 17.2. The molecule has 1 saturated heterocycles. The maximum absolute atomic E-state index is 10.2. The van der Waals surface area contributed by atoms with Gasteiger partial charge >= 0.3 is 0 Å². The van der Waals surface area contributed by atoms with E-state index in [9.17, 15) is 10.5 Å². The molecule has 3 N–H and O–H groups in total. The molecule has 1 aromatic carbocycles. The van der Waals surface area contributed by atoms with Crippen molar-refractivity contribution in [1.82, 2.24) is 25.4 Å². The van der Waals surface area contributed by atoms with Crippen molar-refractivity contribution in [3.63, 3.8) is 0 Å². The van der Waals surface area contributed by atoms with Gasteiger partial charge in [-0.05, 0) is 36.8 Å². The highest BCUT2D eigenvalue weighted by molar-refractivity contribution is 5.82. The molecule has 5 rings (SSSR count). The number of nitriles is 2. The van der Waals surface area contributed by atoms with Gasteiger partial charge in [0.15, 0.2) is 0 Å². The van der Waals surface area contributed by atoms with Crippen molar-refractivity contribution in [2.75, 3.05) is 44.7 Å². The number of benzene rings is 1. The van der Waals surface area contributed by atoms with Crippen LogP contribution < -0.4 is 10.6 Å². The third-order valence-corrected chi connectivity index (χ3v) is 6.49. The highest BCUT2D eigenvalue weighted by Crippen LogP contribution is 2.40. The fourth-order valence-electron chi connectivity index (χ4n) is 4.61. The summed E-state index contributed by atoms with van der Waals surface area (Å²) in [6, 6.07) is 14.4. The molecule has 1 fully saturated rings. The summed E-state index contributed by atoms with van der Waals surface area (Å²) in [4.78, 5) is 6.93. The summed E-state index contributed by atoms with van der Waals surface area (Å²) >= 11 is 0. The summed E-state index contributed by atoms with van der Waals surface area (Å²) in [6.45, 7) is 7.08. The number of aromatic nitrogens is 3. The topological polar surface area (TPSA) is 126 Å². The fraction of sp³-hybridized carbons (Fsp3) is 0.308. The number of morpholine rings is 1. The number of nitrogens with one attached hydrogen (secondary N) is 3. The van der Waals surface area contributed by atoms with E-state index in [1.807, 2.05) is 37.3 Å². The molecule has 0 aliphatic carbocycles. The SMILES string of the molecule is CC1=C(C#N)C(c2ccc3[nH]ncc3c2)C(C#N)=C(c2ccc(NCCN3CCOCC3)nc2)N1. The van der Waals surface area contributed by atoms with Crippen LogP contribution in [0.1, 0.15) is 24.0 Å². The van der Waals surface area contributed by atoms with Crippen LogP contribution in [0.2, 0.25) is 0 Å². The number of hydrogen-bond donors (Lipinski definition) is 3. The molecule has 35 heavy (non-hydrogen) atoms. The average molecular weight is 467 g/mol. The van der Waals surface area contributed by atoms with Crippen LogP contribution in [0.25, 0.3) is 16.6 Å². The number of pyridine rings is 1. The number of anilines is 1. The number of ether oxygens (including phenoxy) is 1. The minimum Gasteiger partial charge on any atom is -0.379 e. The predicted octanol–water partition coefficient (Wildman–Crippen LogP) is 3.12. The lowest BCUT2D eigenvalue weighted by molar-refractivity contribution is 0.0398. The van der Waals surface area contributed by atoms with E-state index in [1.54, 1.807) is 12.4 Å². The number of rotatable bonds is 6. The van der Waals surface area contributed by atoms with Crippen LogP contribution in [0.4, 0.5) is 5.82 Å². The Morgan fingerprint density at radius 3 is 2.69 bits per heavy atom. The Morgan fingerprint density at radius 1 is 1.11 bits per heavy atom. The first-order valence-corrected chi connectivity index (χ1v) is 11.6. The molecule has 176 valence electrons. The normalized spacial score (nSPS) is 18.8. The monoisotopic (exact) mass is 466 g/mol. The zero-order chi connectivity index (χ0) is 24.2. The number of fused-ring (bicyclic) bond motifs is 1. The van der Waals surface area contributed by atoms with Crippen molar-refractivity contribution in [1.29, 1.82) is 10.5 Å². The smallest absolute Gasteiger partial charge is 0.125 e. The molecular weight excluding hydrogens is 440 g/mol. The summed E-state index contributed by atoms with van der Waals surface area (Å²) in [5.41, 5.74) is 5.00. The number of nitrogens with zero attached hydrogens (tertiary/aromatic N) is 5. The van der Waals surface area contributed by atoms with E-state index in [-0.39, 0.29) is 0 Å². The molecular formula is C26H26N8O. The number of hydrogen-bond acceptors (Lipinski definition) is 8. The minimum atomic E-state index is -0.466. The lowest BCUT2D eigenvalue weighted by atomic mass is 9.80. The van der Waals surface area contributed by atoms with E-state index in [1.165, 1.54) is 0 Å². The van der Waals surface area contributed by atoms with E-state index >= 15 is 0 Å². The number of dihydropyridines is 1. The van der Waals surface area contributed by atoms with Crippen LogP contribution in [0, 0.1) is 22.7 Å². The summed E-state index contributed by atoms with van der Waals surface area (Å²) < 4.78 is 5.39. The Labute approximate surface area is 203 Å². The van der Waals surface area contributed by atoms with Crippen molar-refractivity contribution in [2.24, 2.45) is 0 Å². The quantitative estimate of drug-likeness (QED) is 0.506. The van der Waals surface area contributed by atoms with Gasteiger partial charge in [-0.25, -0.2) is 4.98 Å². The van der Waals surface area contributed by atoms with Crippen molar-refractivity contribution in [2.45, 2.75) is 12.8 Å². The molecule has 0 saturated carbocycles. The van der Waals surface area contributed by atoms with Gasteiger partial charge in [-0.3, -0.25) is 10.00 Å². The van der Waals surface area contributed by atoms with Gasteiger partial charge in [-0.15, -0.1) is 0 Å². The zero-order valence-corrected chi connectivity index (χ0v) is 19.5. The highest BCUT2D eigenvalue weighted by atomic mass is 16.5. The van der Waals surface area contributed by atoms with Crippen LogP contribution >= 0.6 is 0 Å². The van der Waals surface area contributed by atoms with Gasteiger partial charge < -0.3 is 15.4 Å². The summed E-state index contributed by atoms with van der Waals surface area (Å²) in [6.07, 6.45) is 3.51. The Morgan fingerprint density at radius 2 is 1.94 bits per heavy atom. The third-order valence-electron chi connectivity index (χ3n) is 6.49. The predicted molar refractivity (Wildman–Crippen MR) is 133 cm³/mol. The number of H-pyrrole nitrogens is 1. The Balaban J connectivity index is 1.40. The van der Waals surface area contributed by atoms with E-state index in [4.69, 9.17) is 4.74 Å². The zero-order valence-electron chi connectivity index (χ0n) is 19.5. The maximum Gasteiger partial charge on any atom is 0.125 e. The molecule has 2 aromatic heterocycles. The van der Waals surface area contributed by atoms with Gasteiger partial charge in [0.05, 0.1) is 59.8 Å². The van der Waals surface area contributed by atoms with Crippen LogP contribution in [0.3, 0.4) is 0 Å².